The summed E-state index contributed by atoms with van der Waals surface area (Å²) >= 11 is 0. The molecule has 0 fully saturated rings. The maximum Gasteiger partial charge on any atom is 0.355 e. The fourth-order valence-electron chi connectivity index (χ4n) is 7.40. The third-order valence-corrected chi connectivity index (χ3v) is 10.2. The van der Waals surface area contributed by atoms with Crippen molar-refractivity contribution in [2.45, 2.75) is 83.2 Å². The minimum Gasteiger partial charge on any atom is -0.480 e. The van der Waals surface area contributed by atoms with Gasteiger partial charge >= 0.3 is 17.9 Å². The van der Waals surface area contributed by atoms with Gasteiger partial charge in [-0.2, -0.15) is 0 Å². The van der Waals surface area contributed by atoms with Crippen molar-refractivity contribution in [1.29, 1.82) is 0 Å². The van der Waals surface area contributed by atoms with Crippen LogP contribution in [-0.4, -0.2) is 63.4 Å². The van der Waals surface area contributed by atoms with Crippen molar-refractivity contribution in [1.82, 2.24) is 14.9 Å². The molecule has 0 aliphatic carbocycles. The Morgan fingerprint density at radius 2 is 1.85 bits per heavy atom. The number of carboxylic acids is 1. The van der Waals surface area contributed by atoms with Gasteiger partial charge in [0.25, 0.3) is 5.56 Å². The molecule has 5 heterocycles. The number of esters is 2. The van der Waals surface area contributed by atoms with Crippen molar-refractivity contribution in [2.24, 2.45) is 10.7 Å². The Hall–Kier alpha value is -5.60. The number of benzene rings is 2. The van der Waals surface area contributed by atoms with Gasteiger partial charge in [0, 0.05) is 17.7 Å². The third-order valence-electron chi connectivity index (χ3n) is 10.2. The van der Waals surface area contributed by atoms with Crippen molar-refractivity contribution in [2.75, 3.05) is 11.4 Å². The van der Waals surface area contributed by atoms with E-state index in [1.807, 2.05) is 30.6 Å². The zero-order valence-corrected chi connectivity index (χ0v) is 30.7. The van der Waals surface area contributed by atoms with Crippen LogP contribution in [0.15, 0.2) is 64.4 Å². The van der Waals surface area contributed by atoms with Crippen LogP contribution in [-0.2, 0) is 53.8 Å². The highest BCUT2D eigenvalue weighted by atomic mass is 35.5. The molecule has 54 heavy (non-hydrogen) atoms. The van der Waals surface area contributed by atoms with Crippen molar-refractivity contribution < 1.29 is 33.8 Å². The topological polar surface area (TPSA) is 196 Å². The van der Waals surface area contributed by atoms with Gasteiger partial charge in [-0.1, -0.05) is 63.1 Å². The van der Waals surface area contributed by atoms with Crippen LogP contribution < -0.4 is 21.5 Å². The fraction of sp³-hybridized carbons (Fsp3) is 0.359. The van der Waals surface area contributed by atoms with Crippen LogP contribution in [0.25, 0.3) is 22.3 Å². The average molecular weight is 757 g/mol. The van der Waals surface area contributed by atoms with Gasteiger partial charge in [0.05, 0.1) is 64.6 Å². The molecule has 2 aromatic heterocycles. The molecule has 0 bridgehead atoms. The number of rotatable bonds is 13. The lowest BCUT2D eigenvalue weighted by molar-refractivity contribution is -0.190. The number of hydrogen-bond donors (Lipinski definition) is 3. The SMILES string of the molecule is CCCCCN1C=Nc2cccc3nc4c(c1c23)Cn1c-4cc2c(c1=O)COC(=O)[C@@]2(CC)OC(=O)C[C@H](NC(=O)[C@@H](N)Cc1ccccc1)C(=O)O.Cl. The number of anilines is 1. The lowest BCUT2D eigenvalue weighted by Crippen LogP contribution is -2.51. The van der Waals surface area contributed by atoms with Gasteiger partial charge in [0.15, 0.2) is 0 Å². The average Bonchev–Trinajstić information content (AvgIpc) is 3.52. The number of aliphatic carboxylic acids is 1. The number of carboxylic acid groups (broad SMARTS) is 1. The molecule has 4 aromatic rings. The second-order valence-electron chi connectivity index (χ2n) is 13.5. The van der Waals surface area contributed by atoms with E-state index >= 15 is 0 Å². The Balaban J connectivity index is 0.00000497. The summed E-state index contributed by atoms with van der Waals surface area (Å²) in [7, 11) is 0. The first-order valence-corrected chi connectivity index (χ1v) is 17.8. The van der Waals surface area contributed by atoms with E-state index in [-0.39, 0.29) is 49.5 Å². The number of nitrogens with zero attached hydrogens (tertiary/aromatic N) is 4. The number of aliphatic imine (C=N–C) groups is 1. The molecular weight excluding hydrogens is 716 g/mol. The minimum absolute atomic E-state index is 0. The molecule has 0 saturated carbocycles. The molecule has 2 aromatic carbocycles. The predicted octanol–water partition coefficient (Wildman–Crippen LogP) is 4.25. The lowest BCUT2D eigenvalue weighted by Gasteiger charge is -2.36. The highest BCUT2D eigenvalue weighted by molar-refractivity contribution is 6.11. The van der Waals surface area contributed by atoms with Gasteiger partial charge in [0.1, 0.15) is 12.6 Å². The molecule has 3 aliphatic heterocycles. The van der Waals surface area contributed by atoms with Crippen molar-refractivity contribution >= 4 is 64.8 Å². The van der Waals surface area contributed by atoms with Gasteiger partial charge in [-0.05, 0) is 43.0 Å². The summed E-state index contributed by atoms with van der Waals surface area (Å²) in [6.07, 6.45) is 4.08. The summed E-state index contributed by atoms with van der Waals surface area (Å²) in [6.45, 7) is 4.36. The summed E-state index contributed by atoms with van der Waals surface area (Å²) in [5.74, 6) is -4.25. The minimum atomic E-state index is -2.06. The summed E-state index contributed by atoms with van der Waals surface area (Å²) in [5, 5.41) is 13.1. The molecule has 3 atom stereocenters. The van der Waals surface area contributed by atoms with Crippen molar-refractivity contribution in [3.8, 4) is 11.4 Å². The molecule has 1 amide bonds. The molecule has 0 saturated heterocycles. The lowest BCUT2D eigenvalue weighted by atomic mass is 9.85. The maximum atomic E-state index is 14.2. The predicted molar refractivity (Wildman–Crippen MR) is 203 cm³/mol. The number of carbonyl (C=O) groups excluding carboxylic acids is 3. The molecule has 7 rings (SSSR count). The zero-order chi connectivity index (χ0) is 37.4. The largest absolute Gasteiger partial charge is 0.480 e. The van der Waals surface area contributed by atoms with Crippen molar-refractivity contribution in [3.63, 3.8) is 0 Å². The Kier molecular flexibility index (Phi) is 10.9. The first-order chi connectivity index (χ1) is 25.6. The molecule has 14 nitrogen and oxygen atoms in total. The number of amides is 1. The number of halogens is 1. The van der Waals surface area contributed by atoms with E-state index in [0.717, 1.165) is 53.7 Å². The van der Waals surface area contributed by atoms with Gasteiger partial charge in [0.2, 0.25) is 11.5 Å². The second kappa shape index (κ2) is 15.4. The third kappa shape index (κ3) is 6.71. The zero-order valence-electron chi connectivity index (χ0n) is 29.9. The molecule has 15 heteroatoms. The monoisotopic (exact) mass is 756 g/mol. The van der Waals surface area contributed by atoms with E-state index in [1.54, 1.807) is 41.8 Å². The highest BCUT2D eigenvalue weighted by Crippen LogP contribution is 2.47. The number of fused-ring (bicyclic) bond motifs is 5. The number of nitrogens with two attached hydrogens (primary N) is 1. The smallest absolute Gasteiger partial charge is 0.355 e. The summed E-state index contributed by atoms with van der Waals surface area (Å²) in [5.41, 5.74) is 8.91. The van der Waals surface area contributed by atoms with Crippen LogP contribution in [0.5, 0.6) is 0 Å². The van der Waals surface area contributed by atoms with E-state index in [9.17, 15) is 29.1 Å². The number of ether oxygens (including phenoxy) is 2. The van der Waals surface area contributed by atoms with E-state index in [1.165, 1.54) is 0 Å². The molecule has 0 spiro atoms. The Morgan fingerprint density at radius 1 is 1.07 bits per heavy atom. The molecule has 3 aliphatic rings. The van der Waals surface area contributed by atoms with Gasteiger partial charge < -0.3 is 35.1 Å². The number of pyridine rings is 2. The first-order valence-electron chi connectivity index (χ1n) is 17.8. The van der Waals surface area contributed by atoms with E-state index in [4.69, 9.17) is 20.2 Å². The summed E-state index contributed by atoms with van der Waals surface area (Å²) < 4.78 is 12.9. The quantitative estimate of drug-likeness (QED) is 0.115. The number of cyclic esters (lactones) is 1. The maximum absolute atomic E-state index is 14.2. The van der Waals surface area contributed by atoms with E-state index in [0.29, 0.717) is 16.9 Å². The van der Waals surface area contributed by atoms with Crippen LogP contribution >= 0.6 is 12.4 Å². The molecular formula is C39H41ClN6O8. The van der Waals surface area contributed by atoms with Crippen LogP contribution in [0.4, 0.5) is 11.4 Å². The van der Waals surface area contributed by atoms with Crippen molar-refractivity contribution in [3.05, 3.63) is 87.2 Å². The molecule has 282 valence electrons. The van der Waals surface area contributed by atoms with Crippen LogP contribution in [0.3, 0.4) is 0 Å². The highest BCUT2D eigenvalue weighted by Gasteiger charge is 2.51. The summed E-state index contributed by atoms with van der Waals surface area (Å²) in [6, 6.07) is 13.5. The fourth-order valence-corrected chi connectivity index (χ4v) is 7.40. The van der Waals surface area contributed by atoms with Gasteiger partial charge in [-0.15, -0.1) is 12.4 Å². The Labute approximate surface area is 316 Å². The standard InChI is InChI=1S/C39H40N6O8.ClH/c1-3-5-9-15-44-21-41-27-13-10-14-28-32(27)34(44)23-19-45-30(33(23)42-28)17-25-24(36(45)48)20-52-38(51)39(25,4-2)53-31(46)18-29(37(49)50)43-35(47)26(40)16-22-11-7-6-8-12-22;/h6-8,10-14,17,21,26,29H,3-5,9,15-16,18-20,40H2,1-2H3,(H,43,47)(H,49,50);1H/t26-,29-,39-;/m0./s1. The normalized spacial score (nSPS) is 17.4. The van der Waals surface area contributed by atoms with Gasteiger partial charge in [-0.25, -0.2) is 19.6 Å². The second-order valence-corrected chi connectivity index (χ2v) is 13.5. The van der Waals surface area contributed by atoms with Crippen LogP contribution in [0, 0.1) is 0 Å². The number of hydrogen-bond acceptors (Lipinski definition) is 11. The van der Waals surface area contributed by atoms with E-state index < -0.39 is 53.5 Å². The van der Waals surface area contributed by atoms with Crippen LogP contribution in [0.2, 0.25) is 0 Å². The number of aromatic nitrogens is 2. The number of unbranched alkanes of at least 4 members (excludes halogenated alkanes) is 2. The Morgan fingerprint density at radius 3 is 2.57 bits per heavy atom. The van der Waals surface area contributed by atoms with Gasteiger partial charge in [-0.3, -0.25) is 14.4 Å². The van der Waals surface area contributed by atoms with E-state index in [2.05, 4.69) is 22.1 Å². The summed E-state index contributed by atoms with van der Waals surface area (Å²) in [4.78, 5) is 78.2. The molecule has 0 radical (unpaired) electrons. The van der Waals surface area contributed by atoms with Crippen LogP contribution in [0.1, 0.15) is 68.2 Å². The molecule has 0 unspecified atom stereocenters. The first kappa shape index (κ1) is 38.1. The number of carbonyl (C=O) groups is 4. The number of nitrogens with one attached hydrogen (secondary N) is 1. The Bertz CT molecular complexity index is 2240. The molecule has 4 N–H and O–H groups in total.